The molecule has 6 nitrogen and oxygen atoms in total. The van der Waals surface area contributed by atoms with Crippen molar-refractivity contribution in [2.45, 2.75) is 31.4 Å². The summed E-state index contributed by atoms with van der Waals surface area (Å²) in [5, 5.41) is 6.13. The van der Waals surface area contributed by atoms with E-state index in [9.17, 15) is 8.42 Å². The summed E-state index contributed by atoms with van der Waals surface area (Å²) in [6.45, 7) is 8.35. The average Bonchev–Trinajstić information content (AvgIpc) is 3.03. The van der Waals surface area contributed by atoms with E-state index in [0.717, 1.165) is 11.4 Å². The minimum atomic E-state index is -3.37. The molecule has 0 spiro atoms. The number of terminal acetylenes is 1. The van der Waals surface area contributed by atoms with Crippen molar-refractivity contribution in [1.29, 1.82) is 0 Å². The lowest BCUT2D eigenvalue weighted by molar-refractivity contribution is 0.447. The highest BCUT2D eigenvalue weighted by Gasteiger charge is 2.23. The minimum Gasteiger partial charge on any atom is -0.357 e. The molecule has 0 aliphatic carbocycles. The summed E-state index contributed by atoms with van der Waals surface area (Å²) >= 11 is 1.31. The smallest absolute Gasteiger partial charge is 0.252 e. The molecule has 0 radical (unpaired) electrons. The van der Waals surface area contributed by atoms with E-state index in [0.29, 0.717) is 42.8 Å². The largest absolute Gasteiger partial charge is 0.357 e. The summed E-state index contributed by atoms with van der Waals surface area (Å²) in [6.07, 6.45) is 5.91. The van der Waals surface area contributed by atoms with E-state index in [-0.39, 0.29) is 24.0 Å². The van der Waals surface area contributed by atoms with Crippen LogP contribution in [-0.4, -0.2) is 51.4 Å². The third-order valence-corrected chi connectivity index (χ3v) is 6.93. The summed E-state index contributed by atoms with van der Waals surface area (Å²) in [5.41, 5.74) is 0. The molecule has 0 aliphatic rings. The normalized spacial score (nSPS) is 11.7. The summed E-state index contributed by atoms with van der Waals surface area (Å²) < 4.78 is 26.8. The van der Waals surface area contributed by atoms with Crippen molar-refractivity contribution in [3.05, 3.63) is 17.0 Å². The molecule has 1 aromatic rings. The molecule has 0 aliphatic heterocycles. The Morgan fingerprint density at radius 3 is 2.52 bits per heavy atom. The number of rotatable bonds is 9. The van der Waals surface area contributed by atoms with Gasteiger partial charge in [-0.2, -0.15) is 4.31 Å². The number of hydrogen-bond donors (Lipinski definition) is 2. The molecule has 1 heterocycles. The molecule has 9 heteroatoms. The number of guanidine groups is 1. The topological polar surface area (TPSA) is 73.8 Å². The molecule has 0 bridgehead atoms. The summed E-state index contributed by atoms with van der Waals surface area (Å²) in [5.74, 6) is 3.17. The lowest BCUT2D eigenvalue weighted by Crippen LogP contribution is -2.37. The van der Waals surface area contributed by atoms with E-state index in [4.69, 9.17) is 6.42 Å². The average molecular weight is 498 g/mol. The quantitative estimate of drug-likeness (QED) is 0.237. The number of nitrogens with zero attached hydrogens (tertiary/aromatic N) is 2. The maximum absolute atomic E-state index is 12.5. The van der Waals surface area contributed by atoms with Crippen molar-refractivity contribution in [3.8, 4) is 12.3 Å². The zero-order chi connectivity index (χ0) is 18.0. The third-order valence-electron chi connectivity index (χ3n) is 3.27. The zero-order valence-corrected chi connectivity index (χ0v) is 18.9. The van der Waals surface area contributed by atoms with Gasteiger partial charge in [-0.25, -0.2) is 8.42 Å². The lowest BCUT2D eigenvalue weighted by atomic mass is 10.3. The maximum Gasteiger partial charge on any atom is 0.252 e. The van der Waals surface area contributed by atoms with Gasteiger partial charge in [-0.3, -0.25) is 4.99 Å². The number of hydrogen-bond acceptors (Lipinski definition) is 4. The van der Waals surface area contributed by atoms with Crippen LogP contribution in [0.1, 0.15) is 25.6 Å². The second-order valence-corrected chi connectivity index (χ2v) is 8.21. The van der Waals surface area contributed by atoms with Crippen LogP contribution in [0.3, 0.4) is 0 Å². The van der Waals surface area contributed by atoms with E-state index in [1.165, 1.54) is 15.6 Å². The van der Waals surface area contributed by atoms with E-state index in [1.807, 2.05) is 26.8 Å². The van der Waals surface area contributed by atoms with Crippen molar-refractivity contribution in [2.24, 2.45) is 4.99 Å². The van der Waals surface area contributed by atoms with Gasteiger partial charge >= 0.3 is 0 Å². The Morgan fingerprint density at radius 2 is 1.96 bits per heavy atom. The first-order valence-electron chi connectivity index (χ1n) is 8.04. The Bertz CT molecular complexity index is 677. The molecule has 0 atom stereocenters. The first-order chi connectivity index (χ1) is 11.5. The highest BCUT2D eigenvalue weighted by molar-refractivity contribution is 14.0. The fraction of sp³-hybridized carbons (Fsp3) is 0.562. The van der Waals surface area contributed by atoms with E-state index >= 15 is 0 Å². The van der Waals surface area contributed by atoms with Crippen LogP contribution in [0, 0.1) is 12.3 Å². The molecule has 1 rings (SSSR count). The Balaban J connectivity index is 0.00000576. The van der Waals surface area contributed by atoms with Gasteiger partial charge in [0.2, 0.25) is 0 Å². The summed E-state index contributed by atoms with van der Waals surface area (Å²) in [4.78, 5) is 5.43. The Hall–Kier alpha value is -0.830. The van der Waals surface area contributed by atoms with Crippen molar-refractivity contribution in [1.82, 2.24) is 14.9 Å². The third kappa shape index (κ3) is 7.52. The van der Waals surface area contributed by atoms with Crippen LogP contribution in [0.2, 0.25) is 0 Å². The van der Waals surface area contributed by atoms with E-state index in [2.05, 4.69) is 21.5 Å². The number of nitrogens with one attached hydrogen (secondary N) is 2. The standard InChI is InChI=1S/C16H26N4O2S2.HI/c1-5-12-18-16(17-6-2)19-13-11-14-9-10-15(23-14)24(21,22)20(7-3)8-4;/h1,9-10H,6-8,11-13H2,2-4H3,(H2,17,18,19);1H. The Kier molecular flexibility index (Phi) is 12.1. The van der Waals surface area contributed by atoms with Gasteiger partial charge < -0.3 is 10.6 Å². The molecule has 0 saturated carbocycles. The molecular formula is C16H27IN4O2S2. The molecule has 0 aromatic carbocycles. The molecule has 0 unspecified atom stereocenters. The predicted octanol–water partition coefficient (Wildman–Crippen LogP) is 2.13. The highest BCUT2D eigenvalue weighted by atomic mass is 127. The van der Waals surface area contributed by atoms with Crippen LogP contribution >= 0.6 is 35.3 Å². The molecule has 25 heavy (non-hydrogen) atoms. The van der Waals surface area contributed by atoms with Gasteiger partial charge in [0, 0.05) is 37.5 Å². The second kappa shape index (κ2) is 12.5. The van der Waals surface area contributed by atoms with E-state index < -0.39 is 10.0 Å². The predicted molar refractivity (Wildman–Crippen MR) is 116 cm³/mol. The van der Waals surface area contributed by atoms with Gasteiger partial charge in [0.1, 0.15) is 4.21 Å². The number of aliphatic imine (C=N–C) groups is 1. The minimum absolute atomic E-state index is 0. The van der Waals surface area contributed by atoms with Crippen LogP contribution in [0.4, 0.5) is 0 Å². The molecular weight excluding hydrogens is 471 g/mol. The SMILES string of the molecule is C#CCNC(=NCCc1ccc(S(=O)(=O)N(CC)CC)s1)NCC.I. The van der Waals surface area contributed by atoms with Crippen LogP contribution in [0.25, 0.3) is 0 Å². The fourth-order valence-electron chi connectivity index (χ4n) is 2.08. The van der Waals surface area contributed by atoms with Gasteiger partial charge in [-0.05, 0) is 19.1 Å². The van der Waals surface area contributed by atoms with Gasteiger partial charge in [-0.15, -0.1) is 41.7 Å². The van der Waals surface area contributed by atoms with Crippen molar-refractivity contribution in [3.63, 3.8) is 0 Å². The number of sulfonamides is 1. The van der Waals surface area contributed by atoms with E-state index in [1.54, 1.807) is 6.07 Å². The fourth-order valence-corrected chi connectivity index (χ4v) is 5.03. The molecule has 0 saturated heterocycles. The van der Waals surface area contributed by atoms with Crippen molar-refractivity contribution >= 4 is 51.3 Å². The van der Waals surface area contributed by atoms with Gasteiger partial charge in [0.05, 0.1) is 6.54 Å². The summed E-state index contributed by atoms with van der Waals surface area (Å²) in [7, 11) is -3.37. The number of halogens is 1. The molecule has 0 fully saturated rings. The van der Waals surface area contributed by atoms with Gasteiger partial charge in [0.25, 0.3) is 10.0 Å². The second-order valence-electron chi connectivity index (χ2n) is 4.88. The van der Waals surface area contributed by atoms with Crippen molar-refractivity contribution in [2.75, 3.05) is 32.7 Å². The Morgan fingerprint density at radius 1 is 1.28 bits per heavy atom. The number of thiophene rings is 1. The molecule has 0 amide bonds. The van der Waals surface area contributed by atoms with Crippen LogP contribution in [-0.2, 0) is 16.4 Å². The Labute approximate surface area is 172 Å². The maximum atomic E-state index is 12.5. The van der Waals surface area contributed by atoms with Gasteiger partial charge in [0.15, 0.2) is 5.96 Å². The van der Waals surface area contributed by atoms with Gasteiger partial charge in [-0.1, -0.05) is 19.8 Å². The van der Waals surface area contributed by atoms with Crippen molar-refractivity contribution < 1.29 is 8.42 Å². The summed E-state index contributed by atoms with van der Waals surface area (Å²) in [6, 6.07) is 3.54. The zero-order valence-electron chi connectivity index (χ0n) is 14.9. The van der Waals surface area contributed by atoms with Crippen LogP contribution < -0.4 is 10.6 Å². The monoisotopic (exact) mass is 498 g/mol. The lowest BCUT2D eigenvalue weighted by Gasteiger charge is -2.16. The first-order valence-corrected chi connectivity index (χ1v) is 10.3. The highest BCUT2D eigenvalue weighted by Crippen LogP contribution is 2.25. The molecule has 1 aromatic heterocycles. The first kappa shape index (κ1) is 24.2. The molecule has 2 N–H and O–H groups in total. The van der Waals surface area contributed by atoms with Crippen LogP contribution in [0.15, 0.2) is 21.3 Å². The van der Waals surface area contributed by atoms with Crippen LogP contribution in [0.5, 0.6) is 0 Å². The molecule has 142 valence electrons.